The van der Waals surface area contributed by atoms with E-state index in [9.17, 15) is 0 Å². The van der Waals surface area contributed by atoms with Gasteiger partial charge in [0.2, 0.25) is 0 Å². The molecule has 10 heavy (non-hydrogen) atoms. The second kappa shape index (κ2) is 9.00. The Bertz CT molecular complexity index is 24.0. The molecule has 0 spiro atoms. The smallest absolute Gasteiger partial charge is 0.0386 e. The van der Waals surface area contributed by atoms with Gasteiger partial charge in [-0.3, -0.25) is 0 Å². The maximum Gasteiger partial charge on any atom is -0.0386 e. The van der Waals surface area contributed by atoms with Crippen LogP contribution in [0, 0.1) is 21.3 Å². The van der Waals surface area contributed by atoms with Gasteiger partial charge in [0.15, 0.2) is 0 Å². The van der Waals surface area contributed by atoms with Crippen LogP contribution in [-0.2, 0) is 0 Å². The quantitative estimate of drug-likeness (QED) is 0.481. The molecule has 0 atom stereocenters. The standard InChI is InChI=1S/C8H15.2CH2/c1-2-4-6-8-7-5-3-1;;/h1H,2-8H2;2*1H2. The van der Waals surface area contributed by atoms with E-state index >= 15 is 0 Å². The van der Waals surface area contributed by atoms with E-state index in [-0.39, 0.29) is 14.9 Å². The fourth-order valence-corrected chi connectivity index (χ4v) is 1.25. The first-order chi connectivity index (χ1) is 4.00. The first-order valence-corrected chi connectivity index (χ1v) is 3.82. The minimum absolute atomic E-state index is 0. The molecule has 0 unspecified atom stereocenters. The molecular formula is C10H19. The number of hydrogen-bond acceptors (Lipinski definition) is 0. The molecule has 1 rings (SSSR count). The van der Waals surface area contributed by atoms with Crippen LogP contribution in [0.25, 0.3) is 0 Å². The van der Waals surface area contributed by atoms with E-state index in [4.69, 9.17) is 0 Å². The van der Waals surface area contributed by atoms with Crippen molar-refractivity contribution < 1.29 is 0 Å². The first kappa shape index (κ1) is 12.7. The molecule has 1 aliphatic rings. The minimum atomic E-state index is 0. The van der Waals surface area contributed by atoms with Gasteiger partial charge in [-0.05, 0) is 6.42 Å². The molecule has 0 heteroatoms. The Morgan fingerprint density at radius 1 is 0.600 bits per heavy atom. The van der Waals surface area contributed by atoms with Crippen LogP contribution >= 0.6 is 0 Å². The third-order valence-corrected chi connectivity index (χ3v) is 1.82. The maximum atomic E-state index is 2.44. The van der Waals surface area contributed by atoms with E-state index < -0.39 is 0 Å². The average molecular weight is 139 g/mol. The van der Waals surface area contributed by atoms with Crippen molar-refractivity contribution in [1.29, 1.82) is 0 Å². The summed E-state index contributed by atoms with van der Waals surface area (Å²) in [5.74, 6) is 0. The van der Waals surface area contributed by atoms with Crippen molar-refractivity contribution in [2.24, 2.45) is 0 Å². The van der Waals surface area contributed by atoms with Gasteiger partial charge >= 0.3 is 0 Å². The zero-order chi connectivity index (χ0) is 5.66. The Morgan fingerprint density at radius 2 is 1.00 bits per heavy atom. The Kier molecular flexibility index (Phi) is 11.4. The largest absolute Gasteiger partial charge is 0.0533 e. The molecule has 0 saturated heterocycles. The van der Waals surface area contributed by atoms with Gasteiger partial charge < -0.3 is 0 Å². The van der Waals surface area contributed by atoms with Crippen LogP contribution in [0.3, 0.4) is 0 Å². The van der Waals surface area contributed by atoms with Gasteiger partial charge in [0, 0.05) is 0 Å². The predicted octanol–water partition coefficient (Wildman–Crippen LogP) is 3.59. The van der Waals surface area contributed by atoms with Crippen LogP contribution in [0.1, 0.15) is 44.9 Å². The van der Waals surface area contributed by atoms with Crippen molar-refractivity contribution in [1.82, 2.24) is 0 Å². The SMILES string of the molecule is [CH2].[CH2].[CH]1CCCCCCC1. The fraction of sp³-hybridized carbons (Fsp3) is 0.700. The Labute approximate surface area is 67.0 Å². The number of rotatable bonds is 0. The zero-order valence-electron chi connectivity index (χ0n) is 6.94. The normalized spacial score (nSPS) is 19.2. The number of hydrogen-bond donors (Lipinski definition) is 0. The highest BCUT2D eigenvalue weighted by molar-refractivity contribution is 4.66. The van der Waals surface area contributed by atoms with Crippen LogP contribution in [-0.4, -0.2) is 0 Å². The van der Waals surface area contributed by atoms with E-state index in [2.05, 4.69) is 6.42 Å². The summed E-state index contributed by atoms with van der Waals surface area (Å²) in [6.07, 6.45) is 12.5. The molecule has 0 aromatic carbocycles. The topological polar surface area (TPSA) is 0 Å². The lowest BCUT2D eigenvalue weighted by molar-refractivity contribution is 0.565. The summed E-state index contributed by atoms with van der Waals surface area (Å²) in [5, 5.41) is 0. The molecule has 0 nitrogen and oxygen atoms in total. The summed E-state index contributed by atoms with van der Waals surface area (Å²) < 4.78 is 0. The second-order valence-electron chi connectivity index (χ2n) is 2.63. The van der Waals surface area contributed by atoms with E-state index in [1.54, 1.807) is 0 Å². The first-order valence-electron chi connectivity index (χ1n) is 3.82. The van der Waals surface area contributed by atoms with Crippen molar-refractivity contribution in [2.75, 3.05) is 0 Å². The molecule has 0 aromatic rings. The van der Waals surface area contributed by atoms with Gasteiger partial charge in [0.1, 0.15) is 0 Å². The van der Waals surface area contributed by atoms with E-state index in [0.29, 0.717) is 0 Å². The van der Waals surface area contributed by atoms with Crippen molar-refractivity contribution in [3.05, 3.63) is 21.3 Å². The monoisotopic (exact) mass is 139 g/mol. The van der Waals surface area contributed by atoms with Gasteiger partial charge in [-0.15, -0.1) is 0 Å². The molecule has 0 N–H and O–H groups in total. The van der Waals surface area contributed by atoms with Crippen LogP contribution in [0.2, 0.25) is 0 Å². The van der Waals surface area contributed by atoms with Crippen LogP contribution < -0.4 is 0 Å². The molecule has 1 saturated carbocycles. The molecular weight excluding hydrogens is 120 g/mol. The van der Waals surface area contributed by atoms with Crippen molar-refractivity contribution >= 4 is 0 Å². The van der Waals surface area contributed by atoms with Crippen molar-refractivity contribution in [3.63, 3.8) is 0 Å². The van der Waals surface area contributed by atoms with Gasteiger partial charge in [-0.25, -0.2) is 0 Å². The summed E-state index contributed by atoms with van der Waals surface area (Å²) in [4.78, 5) is 0. The summed E-state index contributed by atoms with van der Waals surface area (Å²) in [7, 11) is 0. The van der Waals surface area contributed by atoms with Crippen LogP contribution in [0.5, 0.6) is 0 Å². The van der Waals surface area contributed by atoms with E-state index in [1.807, 2.05) is 0 Å². The third-order valence-electron chi connectivity index (χ3n) is 1.82. The highest BCUT2D eigenvalue weighted by atomic mass is 14.0. The summed E-state index contributed by atoms with van der Waals surface area (Å²) in [6, 6.07) is 0. The lowest BCUT2D eigenvalue weighted by Gasteiger charge is -2.05. The highest BCUT2D eigenvalue weighted by Crippen LogP contribution is 2.14. The Balaban J connectivity index is 0. The van der Waals surface area contributed by atoms with E-state index in [0.717, 1.165) is 0 Å². The van der Waals surface area contributed by atoms with Gasteiger partial charge in [-0.2, -0.15) is 0 Å². The zero-order valence-corrected chi connectivity index (χ0v) is 6.94. The van der Waals surface area contributed by atoms with Crippen LogP contribution in [0.15, 0.2) is 0 Å². The Morgan fingerprint density at radius 3 is 1.50 bits per heavy atom. The minimum Gasteiger partial charge on any atom is -0.0533 e. The van der Waals surface area contributed by atoms with Gasteiger partial charge in [0.25, 0.3) is 0 Å². The molecule has 0 bridgehead atoms. The summed E-state index contributed by atoms with van der Waals surface area (Å²) in [5.41, 5.74) is 0. The molecule has 1 aliphatic carbocycles. The van der Waals surface area contributed by atoms with Gasteiger partial charge in [0.05, 0.1) is 0 Å². The maximum absolute atomic E-state index is 2.44. The van der Waals surface area contributed by atoms with Gasteiger partial charge in [-0.1, -0.05) is 59.8 Å². The molecule has 5 radical (unpaired) electrons. The van der Waals surface area contributed by atoms with E-state index in [1.165, 1.54) is 44.9 Å². The lowest BCUT2D eigenvalue weighted by Crippen LogP contribution is -1.86. The molecule has 0 aromatic heterocycles. The summed E-state index contributed by atoms with van der Waals surface area (Å²) in [6.45, 7) is 0. The molecule has 0 aliphatic heterocycles. The second-order valence-corrected chi connectivity index (χ2v) is 2.63. The lowest BCUT2D eigenvalue weighted by atomic mass is 10.0. The molecule has 0 heterocycles. The van der Waals surface area contributed by atoms with Crippen LogP contribution in [0.4, 0.5) is 0 Å². The average Bonchev–Trinajstić information content (AvgIpc) is 1.62. The Hall–Kier alpha value is 0. The predicted molar refractivity (Wildman–Crippen MR) is 47.3 cm³/mol. The summed E-state index contributed by atoms with van der Waals surface area (Å²) >= 11 is 0. The fourth-order valence-electron chi connectivity index (χ4n) is 1.25. The van der Waals surface area contributed by atoms with Crippen molar-refractivity contribution in [3.8, 4) is 0 Å². The van der Waals surface area contributed by atoms with Crippen molar-refractivity contribution in [2.45, 2.75) is 44.9 Å². The third kappa shape index (κ3) is 6.12. The molecule has 59 valence electrons. The molecule has 1 fully saturated rings. The highest BCUT2D eigenvalue weighted by Gasteiger charge is 1.95. The molecule has 0 amide bonds.